The molecular formula is C5H8N4. The third kappa shape index (κ3) is 0.704. The van der Waals surface area contributed by atoms with Crippen molar-refractivity contribution < 1.29 is 0 Å². The molecule has 2 rings (SSSR count). The molecule has 2 aliphatic rings. The molecule has 2 atom stereocenters. The van der Waals surface area contributed by atoms with Gasteiger partial charge in [-0.1, -0.05) is 5.22 Å². The molecule has 0 aromatic carbocycles. The minimum absolute atomic E-state index is 0.315. The van der Waals surface area contributed by atoms with Gasteiger partial charge >= 0.3 is 0 Å². The van der Waals surface area contributed by atoms with Crippen molar-refractivity contribution in [3.05, 3.63) is 0 Å². The van der Waals surface area contributed by atoms with Crippen LogP contribution in [0.2, 0.25) is 0 Å². The molecule has 0 saturated carbocycles. The Balaban J connectivity index is 2.13. The van der Waals surface area contributed by atoms with Gasteiger partial charge in [-0.3, -0.25) is 10.4 Å². The van der Waals surface area contributed by atoms with Crippen LogP contribution in [0.15, 0.2) is 15.3 Å². The van der Waals surface area contributed by atoms with Crippen LogP contribution in [0.5, 0.6) is 0 Å². The molecule has 2 heterocycles. The number of fused-ring (bicyclic) bond motifs is 1. The second-order valence-corrected chi connectivity index (χ2v) is 2.30. The predicted octanol–water partition coefficient (Wildman–Crippen LogP) is 0.169. The molecule has 0 aromatic heterocycles. The molecule has 0 amide bonds. The topological polar surface area (TPSA) is 49.1 Å². The Morgan fingerprint density at radius 1 is 1.56 bits per heavy atom. The van der Waals surface area contributed by atoms with E-state index < -0.39 is 0 Å². The van der Waals surface area contributed by atoms with Gasteiger partial charge in [0.2, 0.25) is 0 Å². The van der Waals surface area contributed by atoms with E-state index in [1.54, 1.807) is 0 Å². The van der Waals surface area contributed by atoms with Gasteiger partial charge in [0.25, 0.3) is 0 Å². The predicted molar refractivity (Wildman–Crippen MR) is 33.5 cm³/mol. The second kappa shape index (κ2) is 1.79. The lowest BCUT2D eigenvalue weighted by Gasteiger charge is -2.15. The number of rotatable bonds is 0. The average Bonchev–Trinajstić information content (AvgIpc) is 2.33. The van der Waals surface area contributed by atoms with Gasteiger partial charge in [0.05, 0.1) is 12.6 Å². The van der Waals surface area contributed by atoms with Gasteiger partial charge in [-0.25, -0.2) is 0 Å². The van der Waals surface area contributed by atoms with Gasteiger partial charge in [-0.15, -0.1) is 0 Å². The fraction of sp³-hybridized carbons (Fsp3) is 0.800. The third-order valence-corrected chi connectivity index (χ3v) is 1.67. The van der Waals surface area contributed by atoms with Gasteiger partial charge in [-0.05, 0) is 0 Å². The van der Waals surface area contributed by atoms with E-state index in [1.807, 2.05) is 6.21 Å². The minimum atomic E-state index is 0.315. The monoisotopic (exact) mass is 124 g/mol. The first-order chi connectivity index (χ1) is 4.47. The highest BCUT2D eigenvalue weighted by molar-refractivity contribution is 5.59. The summed E-state index contributed by atoms with van der Waals surface area (Å²) in [4.78, 5) is 4.10. The number of nitrogens with one attached hydrogen (secondary N) is 1. The summed E-state index contributed by atoms with van der Waals surface area (Å²) in [6.07, 6.45) is 2.90. The molecule has 0 spiro atoms. The van der Waals surface area contributed by atoms with Gasteiger partial charge in [0.15, 0.2) is 0 Å². The van der Waals surface area contributed by atoms with Crippen molar-refractivity contribution in [1.82, 2.24) is 5.43 Å². The lowest BCUT2D eigenvalue weighted by molar-refractivity contribution is 0.517. The molecule has 0 aliphatic carbocycles. The van der Waals surface area contributed by atoms with Crippen molar-refractivity contribution in [2.45, 2.75) is 18.5 Å². The summed E-state index contributed by atoms with van der Waals surface area (Å²) >= 11 is 0. The maximum atomic E-state index is 4.10. The lowest BCUT2D eigenvalue weighted by atomic mass is 10.1. The Bertz CT molecular complexity index is 162. The van der Waals surface area contributed by atoms with Crippen LogP contribution in [-0.4, -0.2) is 24.8 Å². The number of nitrogens with zero attached hydrogens (tertiary/aromatic N) is 3. The highest BCUT2D eigenvalue weighted by Gasteiger charge is 2.26. The highest BCUT2D eigenvalue weighted by Crippen LogP contribution is 2.12. The molecular weight excluding hydrogens is 116 g/mol. The van der Waals surface area contributed by atoms with Crippen molar-refractivity contribution in [3.8, 4) is 0 Å². The fourth-order valence-electron chi connectivity index (χ4n) is 1.09. The SMILES string of the molecule is C1=NCC2N=NNC2C1. The summed E-state index contributed by atoms with van der Waals surface area (Å²) < 4.78 is 0. The normalized spacial score (nSPS) is 38.2. The summed E-state index contributed by atoms with van der Waals surface area (Å²) in [5.41, 5.74) is 2.93. The molecule has 4 heteroatoms. The molecule has 0 radical (unpaired) electrons. The average molecular weight is 124 g/mol. The summed E-state index contributed by atoms with van der Waals surface area (Å²) in [6, 6.07) is 0.748. The molecule has 9 heavy (non-hydrogen) atoms. The standard InChI is InChI=1S/C5H8N4/c1-2-6-3-5-4(1)7-9-8-5/h2,4-5H,1,3H2,(H,7,8). The van der Waals surface area contributed by atoms with E-state index in [9.17, 15) is 0 Å². The number of hydrogen-bond acceptors (Lipinski definition) is 4. The van der Waals surface area contributed by atoms with Gasteiger partial charge < -0.3 is 0 Å². The smallest absolute Gasteiger partial charge is 0.114 e. The molecule has 4 nitrogen and oxygen atoms in total. The number of aliphatic imine (C=N–C) groups is 1. The van der Waals surface area contributed by atoms with E-state index in [2.05, 4.69) is 20.8 Å². The molecule has 48 valence electrons. The largest absolute Gasteiger partial charge is 0.295 e. The minimum Gasteiger partial charge on any atom is -0.295 e. The van der Waals surface area contributed by atoms with E-state index in [-0.39, 0.29) is 0 Å². The van der Waals surface area contributed by atoms with Gasteiger partial charge in [0.1, 0.15) is 6.04 Å². The maximum absolute atomic E-state index is 4.10. The van der Waals surface area contributed by atoms with Crippen molar-refractivity contribution >= 4 is 6.21 Å². The van der Waals surface area contributed by atoms with Crippen molar-refractivity contribution in [3.63, 3.8) is 0 Å². The van der Waals surface area contributed by atoms with Crippen LogP contribution in [0.1, 0.15) is 6.42 Å². The highest BCUT2D eigenvalue weighted by atomic mass is 15.5. The van der Waals surface area contributed by atoms with Crippen LogP contribution >= 0.6 is 0 Å². The quantitative estimate of drug-likeness (QED) is 0.491. The van der Waals surface area contributed by atoms with Gasteiger partial charge in [0, 0.05) is 12.6 Å². The fourth-order valence-corrected chi connectivity index (χ4v) is 1.09. The Morgan fingerprint density at radius 2 is 2.56 bits per heavy atom. The molecule has 2 unspecified atom stereocenters. The molecule has 0 saturated heterocycles. The Morgan fingerprint density at radius 3 is 3.44 bits per heavy atom. The molecule has 1 N–H and O–H groups in total. The van der Waals surface area contributed by atoms with E-state index in [0.717, 1.165) is 13.0 Å². The first-order valence-electron chi connectivity index (χ1n) is 3.10. The zero-order valence-electron chi connectivity index (χ0n) is 4.99. The summed E-state index contributed by atoms with van der Waals surface area (Å²) in [5.74, 6) is 0. The Hall–Kier alpha value is -0.930. The second-order valence-electron chi connectivity index (χ2n) is 2.30. The van der Waals surface area contributed by atoms with Crippen molar-refractivity contribution in [2.75, 3.05) is 6.54 Å². The van der Waals surface area contributed by atoms with Crippen LogP contribution in [0, 0.1) is 0 Å². The van der Waals surface area contributed by atoms with Crippen LogP contribution in [0.25, 0.3) is 0 Å². The summed E-state index contributed by atoms with van der Waals surface area (Å²) in [6.45, 7) is 0.807. The third-order valence-electron chi connectivity index (χ3n) is 1.67. The van der Waals surface area contributed by atoms with Crippen molar-refractivity contribution in [1.29, 1.82) is 0 Å². The van der Waals surface area contributed by atoms with Crippen LogP contribution in [-0.2, 0) is 0 Å². The van der Waals surface area contributed by atoms with Crippen LogP contribution in [0.4, 0.5) is 0 Å². The number of hydrogen-bond donors (Lipinski definition) is 1. The zero-order chi connectivity index (χ0) is 6.10. The van der Waals surface area contributed by atoms with E-state index in [4.69, 9.17) is 0 Å². The molecule has 0 aromatic rings. The lowest BCUT2D eigenvalue weighted by Crippen LogP contribution is -2.35. The van der Waals surface area contributed by atoms with Crippen LogP contribution < -0.4 is 5.43 Å². The summed E-state index contributed by atoms with van der Waals surface area (Å²) in [7, 11) is 0. The van der Waals surface area contributed by atoms with E-state index in [1.165, 1.54) is 0 Å². The van der Waals surface area contributed by atoms with E-state index >= 15 is 0 Å². The first-order valence-corrected chi connectivity index (χ1v) is 3.10. The molecule has 2 aliphatic heterocycles. The van der Waals surface area contributed by atoms with E-state index in [0.29, 0.717) is 12.1 Å². The van der Waals surface area contributed by atoms with Crippen molar-refractivity contribution in [2.24, 2.45) is 15.3 Å². The molecule has 0 bridgehead atoms. The first kappa shape index (κ1) is 4.90. The van der Waals surface area contributed by atoms with Gasteiger partial charge in [-0.2, -0.15) is 5.11 Å². The summed E-state index contributed by atoms with van der Waals surface area (Å²) in [5, 5.41) is 7.68. The Kier molecular flexibility index (Phi) is 0.974. The maximum Gasteiger partial charge on any atom is 0.114 e. The molecule has 0 fully saturated rings. The zero-order valence-corrected chi connectivity index (χ0v) is 4.99. The Labute approximate surface area is 53.0 Å². The van der Waals surface area contributed by atoms with Crippen LogP contribution in [0.3, 0.4) is 0 Å².